The molecular formula is C20H22N2O3S2. The third-order valence-electron chi connectivity index (χ3n) is 3.77. The van der Waals surface area contributed by atoms with E-state index < -0.39 is 10.0 Å². The Morgan fingerprint density at radius 3 is 2.07 bits per heavy atom. The number of hydrogen-bond acceptors (Lipinski definition) is 4. The molecule has 0 unspecified atom stereocenters. The fourth-order valence-electron chi connectivity index (χ4n) is 2.36. The van der Waals surface area contributed by atoms with E-state index in [-0.39, 0.29) is 23.9 Å². The molecule has 0 spiro atoms. The number of nitrogens with one attached hydrogen (secondary N) is 1. The molecule has 5 nitrogen and oxygen atoms in total. The summed E-state index contributed by atoms with van der Waals surface area (Å²) in [6.07, 6.45) is 5.02. The Balaban J connectivity index is 2.16. The van der Waals surface area contributed by atoms with Gasteiger partial charge in [-0.25, -0.2) is 8.42 Å². The maximum absolute atomic E-state index is 12.7. The summed E-state index contributed by atoms with van der Waals surface area (Å²) in [5.41, 5.74) is 1.06. The molecule has 1 N–H and O–H groups in total. The molecular weight excluding hydrogens is 380 g/mol. The van der Waals surface area contributed by atoms with E-state index in [0.717, 1.165) is 4.90 Å². The molecule has 0 saturated heterocycles. The van der Waals surface area contributed by atoms with Crippen LogP contribution < -0.4 is 5.32 Å². The molecule has 0 saturated carbocycles. The maximum atomic E-state index is 12.7. The van der Waals surface area contributed by atoms with Crippen LogP contribution in [0.5, 0.6) is 0 Å². The van der Waals surface area contributed by atoms with Crippen LogP contribution in [0, 0.1) is 0 Å². The molecule has 0 radical (unpaired) electrons. The van der Waals surface area contributed by atoms with Crippen molar-refractivity contribution in [2.24, 2.45) is 0 Å². The first-order valence-electron chi connectivity index (χ1n) is 8.19. The van der Waals surface area contributed by atoms with Crippen molar-refractivity contribution in [3.63, 3.8) is 0 Å². The van der Waals surface area contributed by atoms with E-state index in [4.69, 9.17) is 0 Å². The van der Waals surface area contributed by atoms with Crippen molar-refractivity contribution in [3.05, 3.63) is 79.4 Å². The van der Waals surface area contributed by atoms with Crippen LogP contribution in [-0.4, -0.2) is 38.0 Å². The molecule has 27 heavy (non-hydrogen) atoms. The quantitative estimate of drug-likeness (QED) is 0.508. The summed E-state index contributed by atoms with van der Waals surface area (Å²) in [6, 6.07) is 13.3. The minimum Gasteiger partial charge on any atom is -0.322 e. The van der Waals surface area contributed by atoms with Crippen molar-refractivity contribution in [1.82, 2.24) is 4.31 Å². The number of nitrogens with zero attached hydrogens (tertiary/aromatic N) is 1. The summed E-state index contributed by atoms with van der Waals surface area (Å²) in [5.74, 6) is -0.301. The Bertz CT molecular complexity index is 895. The summed E-state index contributed by atoms with van der Waals surface area (Å²) < 4.78 is 26.6. The lowest BCUT2D eigenvalue weighted by atomic mass is 10.2. The van der Waals surface area contributed by atoms with Gasteiger partial charge in [-0.2, -0.15) is 4.31 Å². The molecule has 0 heterocycles. The van der Waals surface area contributed by atoms with Crippen LogP contribution in [0.25, 0.3) is 0 Å². The number of benzene rings is 2. The first-order chi connectivity index (χ1) is 12.9. The molecule has 2 aromatic rings. The standard InChI is InChI=1S/C20H22N2O3S2/c1-4-14-22(15-5-2)27(24,25)19-12-6-16(7-13-19)20(23)21-17-8-10-18(26-3)11-9-17/h4-13H,1-2,14-15H2,3H3,(H,21,23). The molecule has 2 aromatic carbocycles. The highest BCUT2D eigenvalue weighted by atomic mass is 32.2. The SMILES string of the molecule is C=CCN(CC=C)S(=O)(=O)c1ccc(C(=O)Nc2ccc(SC)cc2)cc1. The number of thioether (sulfide) groups is 1. The average Bonchev–Trinajstić information content (AvgIpc) is 2.68. The maximum Gasteiger partial charge on any atom is 0.255 e. The van der Waals surface area contributed by atoms with Crippen molar-refractivity contribution in [2.45, 2.75) is 9.79 Å². The van der Waals surface area contributed by atoms with Gasteiger partial charge < -0.3 is 5.32 Å². The monoisotopic (exact) mass is 402 g/mol. The van der Waals surface area contributed by atoms with Crippen molar-refractivity contribution in [1.29, 1.82) is 0 Å². The Morgan fingerprint density at radius 1 is 1.04 bits per heavy atom. The second kappa shape index (κ2) is 9.55. The predicted molar refractivity (Wildman–Crippen MR) is 112 cm³/mol. The number of sulfonamides is 1. The molecule has 0 aliphatic heterocycles. The van der Waals surface area contributed by atoms with E-state index in [1.807, 2.05) is 30.5 Å². The fraction of sp³-hybridized carbons (Fsp3) is 0.150. The van der Waals surface area contributed by atoms with Gasteiger partial charge >= 0.3 is 0 Å². The molecule has 0 aliphatic carbocycles. The third-order valence-corrected chi connectivity index (χ3v) is 6.36. The van der Waals surface area contributed by atoms with Gasteiger partial charge in [0.2, 0.25) is 10.0 Å². The van der Waals surface area contributed by atoms with Gasteiger partial charge in [0.05, 0.1) is 4.90 Å². The van der Waals surface area contributed by atoms with E-state index in [0.29, 0.717) is 11.3 Å². The molecule has 0 aliphatic rings. The Hall–Kier alpha value is -2.35. The van der Waals surface area contributed by atoms with Crippen LogP contribution >= 0.6 is 11.8 Å². The second-order valence-corrected chi connectivity index (χ2v) is 8.42. The average molecular weight is 403 g/mol. The fourth-order valence-corrected chi connectivity index (χ4v) is 4.15. The Kier molecular flexibility index (Phi) is 7.41. The van der Waals surface area contributed by atoms with E-state index in [9.17, 15) is 13.2 Å². The van der Waals surface area contributed by atoms with Gasteiger partial charge in [0.1, 0.15) is 0 Å². The van der Waals surface area contributed by atoms with E-state index in [2.05, 4.69) is 18.5 Å². The van der Waals surface area contributed by atoms with Crippen LogP contribution in [0.4, 0.5) is 5.69 Å². The number of carbonyl (C=O) groups excluding carboxylic acids is 1. The molecule has 2 rings (SSSR count). The Morgan fingerprint density at radius 2 is 1.59 bits per heavy atom. The molecule has 142 valence electrons. The van der Waals surface area contributed by atoms with Crippen molar-refractivity contribution in [3.8, 4) is 0 Å². The van der Waals surface area contributed by atoms with Crippen LogP contribution in [0.1, 0.15) is 10.4 Å². The summed E-state index contributed by atoms with van der Waals surface area (Å²) in [6.45, 7) is 7.53. The lowest BCUT2D eigenvalue weighted by Gasteiger charge is -2.19. The molecule has 0 aromatic heterocycles. The lowest BCUT2D eigenvalue weighted by molar-refractivity contribution is 0.102. The predicted octanol–water partition coefficient (Wildman–Crippen LogP) is 4.02. The van der Waals surface area contributed by atoms with Gasteiger partial charge in [0, 0.05) is 29.2 Å². The molecule has 0 bridgehead atoms. The highest BCUT2D eigenvalue weighted by Gasteiger charge is 2.22. The zero-order valence-electron chi connectivity index (χ0n) is 15.1. The van der Waals surface area contributed by atoms with E-state index >= 15 is 0 Å². The summed E-state index contributed by atoms with van der Waals surface area (Å²) >= 11 is 1.62. The van der Waals surface area contributed by atoms with Crippen LogP contribution in [0.15, 0.2) is 83.6 Å². The van der Waals surface area contributed by atoms with Gasteiger partial charge in [0.25, 0.3) is 5.91 Å². The number of hydrogen-bond donors (Lipinski definition) is 1. The van der Waals surface area contributed by atoms with Crippen molar-refractivity contribution >= 4 is 33.4 Å². The third kappa shape index (κ3) is 5.32. The van der Waals surface area contributed by atoms with Crippen molar-refractivity contribution in [2.75, 3.05) is 24.7 Å². The van der Waals surface area contributed by atoms with Crippen LogP contribution in [0.3, 0.4) is 0 Å². The van der Waals surface area contributed by atoms with Crippen molar-refractivity contribution < 1.29 is 13.2 Å². The van der Waals surface area contributed by atoms with Gasteiger partial charge in [-0.05, 0) is 54.8 Å². The number of anilines is 1. The normalized spacial score (nSPS) is 11.2. The Labute approximate surface area is 164 Å². The van der Waals surface area contributed by atoms with Crippen LogP contribution in [0.2, 0.25) is 0 Å². The summed E-state index contributed by atoms with van der Waals surface area (Å²) in [7, 11) is -3.68. The van der Waals surface area contributed by atoms with Gasteiger partial charge in [-0.1, -0.05) is 12.2 Å². The van der Waals surface area contributed by atoms with Gasteiger partial charge in [0.15, 0.2) is 0 Å². The van der Waals surface area contributed by atoms with Gasteiger partial charge in [-0.15, -0.1) is 24.9 Å². The number of carbonyl (C=O) groups is 1. The molecule has 7 heteroatoms. The molecule has 0 atom stereocenters. The zero-order valence-corrected chi connectivity index (χ0v) is 16.7. The first kappa shape index (κ1) is 21.0. The molecule has 0 fully saturated rings. The zero-order chi connectivity index (χ0) is 19.9. The minimum absolute atomic E-state index is 0.118. The molecule has 1 amide bonds. The second-order valence-electron chi connectivity index (χ2n) is 5.61. The lowest BCUT2D eigenvalue weighted by Crippen LogP contribution is -2.31. The highest BCUT2D eigenvalue weighted by molar-refractivity contribution is 7.98. The van der Waals surface area contributed by atoms with E-state index in [1.165, 1.54) is 40.7 Å². The summed E-state index contributed by atoms with van der Waals surface area (Å²) in [4.78, 5) is 13.6. The largest absolute Gasteiger partial charge is 0.322 e. The van der Waals surface area contributed by atoms with Crippen LogP contribution in [-0.2, 0) is 10.0 Å². The topological polar surface area (TPSA) is 66.5 Å². The minimum atomic E-state index is -3.68. The summed E-state index contributed by atoms with van der Waals surface area (Å²) in [5, 5.41) is 2.80. The number of rotatable bonds is 9. The van der Waals surface area contributed by atoms with E-state index in [1.54, 1.807) is 11.8 Å². The number of amides is 1. The first-order valence-corrected chi connectivity index (χ1v) is 10.9. The van der Waals surface area contributed by atoms with Gasteiger partial charge in [-0.3, -0.25) is 4.79 Å². The highest BCUT2D eigenvalue weighted by Crippen LogP contribution is 2.19. The smallest absolute Gasteiger partial charge is 0.255 e.